The highest BCUT2D eigenvalue weighted by Crippen LogP contribution is 2.34. The van der Waals surface area contributed by atoms with Gasteiger partial charge in [-0.3, -0.25) is 4.79 Å². The molecule has 0 aliphatic heterocycles. The van der Waals surface area contributed by atoms with Gasteiger partial charge in [0, 0.05) is 35.7 Å². The molecule has 108 valence electrons. The third kappa shape index (κ3) is 2.70. The number of H-pyrrole nitrogens is 1. The van der Waals surface area contributed by atoms with Gasteiger partial charge in [-0.2, -0.15) is 5.26 Å². The average molecular weight is 282 g/mol. The van der Waals surface area contributed by atoms with Crippen molar-refractivity contribution in [3.8, 4) is 6.07 Å². The van der Waals surface area contributed by atoms with Gasteiger partial charge in [0.25, 0.3) is 0 Å². The van der Waals surface area contributed by atoms with Crippen LogP contribution in [0.1, 0.15) is 42.1 Å². The summed E-state index contributed by atoms with van der Waals surface area (Å²) in [5.74, 6) is 0.614. The fourth-order valence-corrected chi connectivity index (χ4v) is 3.01. The van der Waals surface area contributed by atoms with Gasteiger partial charge in [0.15, 0.2) is 5.78 Å². The third-order valence-corrected chi connectivity index (χ3v) is 4.18. The second-order valence-electron chi connectivity index (χ2n) is 5.62. The summed E-state index contributed by atoms with van der Waals surface area (Å²) in [4.78, 5) is 15.5. The van der Waals surface area contributed by atoms with Crippen molar-refractivity contribution >= 4 is 16.7 Å². The van der Waals surface area contributed by atoms with Crippen LogP contribution in [0.4, 0.5) is 0 Å². The van der Waals surface area contributed by atoms with Gasteiger partial charge in [0.2, 0.25) is 0 Å². The predicted molar refractivity (Wildman–Crippen MR) is 80.1 cm³/mol. The number of aromatic nitrogens is 1. The molecule has 0 saturated heterocycles. The molecule has 21 heavy (non-hydrogen) atoms. The highest BCUT2D eigenvalue weighted by Gasteiger charge is 2.31. The highest BCUT2D eigenvalue weighted by molar-refractivity contribution is 6.08. The van der Waals surface area contributed by atoms with Crippen LogP contribution in [0.15, 0.2) is 24.4 Å². The molecule has 1 N–H and O–H groups in total. The molecule has 1 aromatic carbocycles. The molecule has 0 radical (unpaired) electrons. The van der Waals surface area contributed by atoms with E-state index in [9.17, 15) is 4.79 Å². The largest absolute Gasteiger partial charge is 0.378 e. The first kappa shape index (κ1) is 13.8. The second-order valence-corrected chi connectivity index (χ2v) is 5.62. The number of benzene rings is 1. The Morgan fingerprint density at radius 3 is 3.00 bits per heavy atom. The molecule has 2 aromatic rings. The van der Waals surface area contributed by atoms with E-state index in [1.165, 1.54) is 0 Å². The normalized spacial score (nSPS) is 21.0. The molecular weight excluding hydrogens is 264 g/mol. The summed E-state index contributed by atoms with van der Waals surface area (Å²) in [6.07, 6.45) is 4.65. The number of ketones is 1. The van der Waals surface area contributed by atoms with Crippen LogP contribution in [0, 0.1) is 17.2 Å². The maximum absolute atomic E-state index is 12.4. The maximum atomic E-state index is 12.4. The Labute approximate surface area is 123 Å². The summed E-state index contributed by atoms with van der Waals surface area (Å²) in [6, 6.07) is 7.48. The summed E-state index contributed by atoms with van der Waals surface area (Å²) in [5, 5.41) is 9.80. The first-order valence-corrected chi connectivity index (χ1v) is 7.37. The lowest BCUT2D eigenvalue weighted by atomic mass is 9.78. The van der Waals surface area contributed by atoms with Crippen molar-refractivity contribution in [2.75, 3.05) is 6.61 Å². The summed E-state index contributed by atoms with van der Waals surface area (Å²) in [7, 11) is 0. The van der Waals surface area contributed by atoms with Gasteiger partial charge < -0.3 is 9.72 Å². The molecule has 3 rings (SSSR count). The van der Waals surface area contributed by atoms with Crippen LogP contribution in [-0.2, 0) is 4.74 Å². The first-order valence-electron chi connectivity index (χ1n) is 7.37. The van der Waals surface area contributed by atoms with Crippen LogP contribution >= 0.6 is 0 Å². The number of nitriles is 1. The van der Waals surface area contributed by atoms with Crippen LogP contribution in [0.2, 0.25) is 0 Å². The fraction of sp³-hybridized carbons (Fsp3) is 0.412. The zero-order chi connectivity index (χ0) is 14.8. The lowest BCUT2D eigenvalue weighted by molar-refractivity contribution is -0.0245. The summed E-state index contributed by atoms with van der Waals surface area (Å²) < 4.78 is 5.53. The Bertz CT molecular complexity index is 705. The van der Waals surface area contributed by atoms with Crippen LogP contribution in [0.5, 0.6) is 0 Å². The molecule has 0 amide bonds. The Morgan fingerprint density at radius 1 is 1.48 bits per heavy atom. The maximum Gasteiger partial charge on any atom is 0.165 e. The molecule has 4 heteroatoms. The topological polar surface area (TPSA) is 65.9 Å². The molecule has 0 unspecified atom stereocenters. The number of aromatic amines is 1. The van der Waals surface area contributed by atoms with Crippen LogP contribution in [0.25, 0.3) is 10.9 Å². The standard InChI is InChI=1S/C17H18N2O2/c1-2-21-13-5-12(6-13)8-17(20)15-10-19-16-7-11(9-18)3-4-14(15)16/h3-4,7,10,12-13,19H,2,5-6,8H2,1H3. The Morgan fingerprint density at radius 2 is 2.29 bits per heavy atom. The van der Waals surface area contributed by atoms with Crippen molar-refractivity contribution in [3.63, 3.8) is 0 Å². The van der Waals surface area contributed by atoms with Gasteiger partial charge in [-0.15, -0.1) is 0 Å². The number of fused-ring (bicyclic) bond motifs is 1. The second kappa shape index (κ2) is 5.71. The molecule has 0 bridgehead atoms. The number of nitrogens with zero attached hydrogens (tertiary/aromatic N) is 1. The minimum Gasteiger partial charge on any atom is -0.378 e. The van der Waals surface area contributed by atoms with E-state index in [0.717, 1.165) is 35.9 Å². The van der Waals surface area contributed by atoms with Gasteiger partial charge in [-0.05, 0) is 37.8 Å². The SMILES string of the molecule is CCOC1CC(CC(=O)c2c[nH]c3cc(C#N)ccc23)C1. The minimum atomic E-state index is 0.172. The van der Waals surface area contributed by atoms with Crippen molar-refractivity contribution in [1.82, 2.24) is 4.98 Å². The summed E-state index contributed by atoms with van der Waals surface area (Å²) in [6.45, 7) is 2.74. The van der Waals surface area contributed by atoms with Crippen molar-refractivity contribution in [1.29, 1.82) is 5.26 Å². The van der Waals surface area contributed by atoms with E-state index in [4.69, 9.17) is 10.00 Å². The van der Waals surface area contributed by atoms with E-state index < -0.39 is 0 Å². The molecule has 1 aromatic heterocycles. The molecule has 1 heterocycles. The highest BCUT2D eigenvalue weighted by atomic mass is 16.5. The number of ether oxygens (including phenoxy) is 1. The van der Waals surface area contributed by atoms with E-state index >= 15 is 0 Å². The molecule has 0 spiro atoms. The number of hydrogen-bond acceptors (Lipinski definition) is 3. The molecule has 1 fully saturated rings. The van der Waals surface area contributed by atoms with Gasteiger partial charge in [0.05, 0.1) is 17.7 Å². The van der Waals surface area contributed by atoms with Crippen molar-refractivity contribution in [2.24, 2.45) is 5.92 Å². The minimum absolute atomic E-state index is 0.172. The Balaban J connectivity index is 1.70. The average Bonchev–Trinajstić information content (AvgIpc) is 2.87. The molecular formula is C17H18N2O2. The lowest BCUT2D eigenvalue weighted by Gasteiger charge is -2.34. The molecule has 4 nitrogen and oxygen atoms in total. The van der Waals surface area contributed by atoms with Gasteiger partial charge in [-0.1, -0.05) is 6.07 Å². The van der Waals surface area contributed by atoms with E-state index in [1.54, 1.807) is 18.3 Å². The zero-order valence-electron chi connectivity index (χ0n) is 12.1. The fourth-order valence-electron chi connectivity index (χ4n) is 3.01. The quantitative estimate of drug-likeness (QED) is 0.854. The van der Waals surface area contributed by atoms with Crippen LogP contribution in [0.3, 0.4) is 0 Å². The molecule has 1 aliphatic rings. The number of nitrogens with one attached hydrogen (secondary N) is 1. The van der Waals surface area contributed by atoms with Crippen molar-refractivity contribution < 1.29 is 9.53 Å². The Hall–Kier alpha value is -2.12. The molecule has 0 atom stereocenters. The van der Waals surface area contributed by atoms with Gasteiger partial charge in [-0.25, -0.2) is 0 Å². The smallest absolute Gasteiger partial charge is 0.165 e. The van der Waals surface area contributed by atoms with E-state index in [0.29, 0.717) is 24.0 Å². The number of Topliss-reactive ketones (excluding diaryl/α,β-unsaturated/α-hetero) is 1. The van der Waals surface area contributed by atoms with E-state index in [1.807, 2.05) is 13.0 Å². The summed E-state index contributed by atoms with van der Waals surface area (Å²) >= 11 is 0. The third-order valence-electron chi connectivity index (χ3n) is 4.18. The Kier molecular flexibility index (Phi) is 3.76. The molecule has 1 saturated carbocycles. The number of carbonyl (C=O) groups excluding carboxylic acids is 1. The number of hydrogen-bond donors (Lipinski definition) is 1. The first-order chi connectivity index (χ1) is 10.2. The monoisotopic (exact) mass is 282 g/mol. The van der Waals surface area contributed by atoms with Crippen LogP contribution in [-0.4, -0.2) is 23.5 Å². The van der Waals surface area contributed by atoms with E-state index in [2.05, 4.69) is 11.1 Å². The van der Waals surface area contributed by atoms with Gasteiger partial charge in [0.1, 0.15) is 0 Å². The number of rotatable bonds is 5. The van der Waals surface area contributed by atoms with Crippen molar-refractivity contribution in [3.05, 3.63) is 35.5 Å². The van der Waals surface area contributed by atoms with E-state index in [-0.39, 0.29) is 5.78 Å². The lowest BCUT2D eigenvalue weighted by Crippen LogP contribution is -2.32. The van der Waals surface area contributed by atoms with Crippen LogP contribution < -0.4 is 0 Å². The summed E-state index contributed by atoms with van der Waals surface area (Å²) in [5.41, 5.74) is 2.18. The molecule has 1 aliphatic carbocycles. The number of carbonyl (C=O) groups is 1. The van der Waals surface area contributed by atoms with Crippen molar-refractivity contribution in [2.45, 2.75) is 32.3 Å². The van der Waals surface area contributed by atoms with Gasteiger partial charge >= 0.3 is 0 Å². The predicted octanol–water partition coefficient (Wildman–Crippen LogP) is 3.43. The zero-order valence-corrected chi connectivity index (χ0v) is 12.1.